The van der Waals surface area contributed by atoms with Crippen LogP contribution in [0.25, 0.3) is 22.2 Å². The normalized spacial score (nSPS) is 11.8. The third-order valence-electron chi connectivity index (χ3n) is 4.50. The van der Waals surface area contributed by atoms with Gasteiger partial charge in [-0.2, -0.15) is 13.2 Å². The number of hydrogen-bond donors (Lipinski definition) is 0. The second-order valence-electron chi connectivity index (χ2n) is 7.00. The zero-order valence-corrected chi connectivity index (χ0v) is 18.3. The minimum atomic E-state index is -4.49. The number of halogens is 4. The molecule has 0 spiro atoms. The molecule has 30 heavy (non-hydrogen) atoms. The highest BCUT2D eigenvalue weighted by atomic mass is 79.9. The highest BCUT2D eigenvalue weighted by Crippen LogP contribution is 2.38. The Kier molecular flexibility index (Phi) is 6.08. The average molecular weight is 482 g/mol. The maximum atomic E-state index is 13.2. The van der Waals surface area contributed by atoms with E-state index >= 15 is 0 Å². The van der Waals surface area contributed by atoms with Gasteiger partial charge in [-0.05, 0) is 60.5 Å². The van der Waals surface area contributed by atoms with Crippen LogP contribution in [0.4, 0.5) is 13.2 Å². The smallest absolute Gasteiger partial charge is 0.416 e. The first-order valence-corrected chi connectivity index (χ1v) is 9.88. The van der Waals surface area contributed by atoms with Crippen molar-refractivity contribution in [1.82, 2.24) is 4.98 Å². The van der Waals surface area contributed by atoms with Crippen LogP contribution in [-0.4, -0.2) is 24.2 Å². The Labute approximate surface area is 180 Å². The van der Waals surface area contributed by atoms with Crippen molar-refractivity contribution in [2.75, 3.05) is 7.11 Å². The van der Waals surface area contributed by atoms with E-state index < -0.39 is 17.7 Å². The Balaban J connectivity index is 2.33. The van der Waals surface area contributed by atoms with E-state index in [1.807, 2.05) is 13.8 Å². The molecular formula is C22H19BrF3NO3. The molecule has 1 aromatic heterocycles. The van der Waals surface area contributed by atoms with Crippen LogP contribution in [0.2, 0.25) is 0 Å². The number of fused-ring (bicyclic) bond motifs is 1. The van der Waals surface area contributed by atoms with E-state index in [4.69, 9.17) is 9.47 Å². The molecule has 0 aliphatic rings. The third-order valence-corrected chi connectivity index (χ3v) is 5.12. The van der Waals surface area contributed by atoms with Gasteiger partial charge in [0.15, 0.2) is 0 Å². The predicted molar refractivity (Wildman–Crippen MR) is 112 cm³/mol. The van der Waals surface area contributed by atoms with Crippen LogP contribution in [0.3, 0.4) is 0 Å². The van der Waals surface area contributed by atoms with E-state index in [9.17, 15) is 18.0 Å². The number of carbonyl (C=O) groups excluding carboxylic acids is 1. The zero-order valence-electron chi connectivity index (χ0n) is 16.7. The fourth-order valence-corrected chi connectivity index (χ4v) is 3.63. The molecule has 8 heteroatoms. The summed E-state index contributed by atoms with van der Waals surface area (Å²) in [5.74, 6) is -0.0859. The van der Waals surface area contributed by atoms with Crippen LogP contribution in [0, 0.1) is 6.92 Å². The molecule has 0 aliphatic carbocycles. The highest BCUT2D eigenvalue weighted by molar-refractivity contribution is 9.10. The van der Waals surface area contributed by atoms with E-state index in [2.05, 4.69) is 20.9 Å². The maximum absolute atomic E-state index is 13.2. The maximum Gasteiger partial charge on any atom is 0.416 e. The van der Waals surface area contributed by atoms with Crippen LogP contribution < -0.4 is 4.74 Å². The van der Waals surface area contributed by atoms with Gasteiger partial charge < -0.3 is 9.47 Å². The molecule has 0 saturated carbocycles. The molecule has 0 atom stereocenters. The summed E-state index contributed by atoms with van der Waals surface area (Å²) in [4.78, 5) is 17.1. The minimum Gasteiger partial charge on any atom is -0.490 e. The topological polar surface area (TPSA) is 48.4 Å². The number of methoxy groups -OCH3 is 1. The molecule has 0 bridgehead atoms. The summed E-state index contributed by atoms with van der Waals surface area (Å²) in [6.07, 6.45) is -4.60. The second kappa shape index (κ2) is 8.26. The molecule has 0 N–H and O–H groups in total. The average Bonchev–Trinajstić information content (AvgIpc) is 2.67. The van der Waals surface area contributed by atoms with Gasteiger partial charge in [0.1, 0.15) is 5.75 Å². The lowest BCUT2D eigenvalue weighted by atomic mass is 9.96. The Morgan fingerprint density at radius 3 is 2.47 bits per heavy atom. The molecule has 4 nitrogen and oxygen atoms in total. The van der Waals surface area contributed by atoms with E-state index in [0.29, 0.717) is 26.7 Å². The fourth-order valence-electron chi connectivity index (χ4n) is 3.19. The fraction of sp³-hybridized carbons (Fsp3) is 0.273. The molecule has 158 valence electrons. The monoisotopic (exact) mass is 481 g/mol. The van der Waals surface area contributed by atoms with Crippen LogP contribution in [0.15, 0.2) is 40.9 Å². The van der Waals surface area contributed by atoms with E-state index in [-0.39, 0.29) is 22.9 Å². The number of pyridine rings is 1. The van der Waals surface area contributed by atoms with Crippen LogP contribution >= 0.6 is 15.9 Å². The van der Waals surface area contributed by atoms with Gasteiger partial charge in [-0.1, -0.05) is 12.1 Å². The van der Waals surface area contributed by atoms with Gasteiger partial charge in [0, 0.05) is 17.0 Å². The number of nitrogens with zero attached hydrogens (tertiary/aromatic N) is 1. The summed E-state index contributed by atoms with van der Waals surface area (Å²) in [5.41, 5.74) is 0.813. The SMILES string of the molecule is COC(=O)c1c(C)c(-c2cccc(C(F)(F)F)c2)nc2cc(OC(C)C)c(Br)cc12. The number of rotatable bonds is 4. The molecule has 0 unspecified atom stereocenters. The van der Waals surface area contributed by atoms with Crippen molar-refractivity contribution >= 4 is 32.8 Å². The molecule has 0 radical (unpaired) electrons. The summed E-state index contributed by atoms with van der Waals surface area (Å²) >= 11 is 3.44. The minimum absolute atomic E-state index is 0.104. The first kappa shape index (κ1) is 22.1. The number of aromatic nitrogens is 1. The number of alkyl halides is 3. The summed E-state index contributed by atoms with van der Waals surface area (Å²) in [7, 11) is 1.25. The summed E-state index contributed by atoms with van der Waals surface area (Å²) in [6.45, 7) is 5.38. The van der Waals surface area contributed by atoms with Crippen molar-refractivity contribution < 1.29 is 27.4 Å². The molecular weight excluding hydrogens is 463 g/mol. The summed E-state index contributed by atoms with van der Waals surface area (Å²) < 4.78 is 50.9. The van der Waals surface area contributed by atoms with Gasteiger partial charge in [-0.15, -0.1) is 0 Å². The number of benzene rings is 2. The van der Waals surface area contributed by atoms with Crippen molar-refractivity contribution in [3.63, 3.8) is 0 Å². The van der Waals surface area contributed by atoms with Crippen molar-refractivity contribution in [3.8, 4) is 17.0 Å². The van der Waals surface area contributed by atoms with E-state index in [1.54, 1.807) is 19.1 Å². The molecule has 0 fully saturated rings. The van der Waals surface area contributed by atoms with Crippen molar-refractivity contribution in [2.45, 2.75) is 33.1 Å². The number of hydrogen-bond acceptors (Lipinski definition) is 4. The summed E-state index contributed by atoms with van der Waals surface area (Å²) in [6, 6.07) is 8.22. The molecule has 0 aliphatic heterocycles. The van der Waals surface area contributed by atoms with Crippen LogP contribution in [0.1, 0.15) is 35.3 Å². The van der Waals surface area contributed by atoms with Gasteiger partial charge >= 0.3 is 12.1 Å². The summed E-state index contributed by atoms with van der Waals surface area (Å²) in [5, 5.41) is 0.512. The van der Waals surface area contributed by atoms with E-state index in [1.165, 1.54) is 19.2 Å². The molecule has 2 aromatic carbocycles. The largest absolute Gasteiger partial charge is 0.490 e. The molecule has 0 amide bonds. The molecule has 3 aromatic rings. The van der Waals surface area contributed by atoms with E-state index in [0.717, 1.165) is 12.1 Å². The molecule has 1 heterocycles. The Morgan fingerprint density at radius 2 is 1.87 bits per heavy atom. The second-order valence-corrected chi connectivity index (χ2v) is 7.85. The zero-order chi connectivity index (χ0) is 22.2. The Hall–Kier alpha value is -2.61. The quantitative estimate of drug-likeness (QED) is 0.395. The Morgan fingerprint density at radius 1 is 1.17 bits per heavy atom. The first-order chi connectivity index (χ1) is 14.0. The van der Waals surface area contributed by atoms with Crippen molar-refractivity contribution in [2.24, 2.45) is 0 Å². The van der Waals surface area contributed by atoms with Crippen molar-refractivity contribution in [1.29, 1.82) is 0 Å². The van der Waals surface area contributed by atoms with Crippen LogP contribution in [-0.2, 0) is 10.9 Å². The van der Waals surface area contributed by atoms with Crippen LogP contribution in [0.5, 0.6) is 5.75 Å². The lowest BCUT2D eigenvalue weighted by Gasteiger charge is -2.17. The standard InChI is InChI=1S/C22H19BrF3NO3/c1-11(2)30-18-10-17-15(9-16(18)23)19(21(28)29-4)12(3)20(27-17)13-6-5-7-14(8-13)22(24,25)26/h5-11H,1-4H3. The lowest BCUT2D eigenvalue weighted by Crippen LogP contribution is -2.10. The highest BCUT2D eigenvalue weighted by Gasteiger charge is 2.31. The predicted octanol–water partition coefficient (Wildman–Crippen LogP) is 6.57. The lowest BCUT2D eigenvalue weighted by molar-refractivity contribution is -0.137. The van der Waals surface area contributed by atoms with Gasteiger partial charge in [0.05, 0.1) is 40.0 Å². The van der Waals surface area contributed by atoms with Gasteiger partial charge in [0.25, 0.3) is 0 Å². The first-order valence-electron chi connectivity index (χ1n) is 9.09. The molecule has 0 saturated heterocycles. The van der Waals surface area contributed by atoms with Gasteiger partial charge in [-0.25, -0.2) is 9.78 Å². The number of carbonyl (C=O) groups is 1. The Bertz CT molecular complexity index is 1130. The molecule has 3 rings (SSSR count). The van der Waals surface area contributed by atoms with Gasteiger partial charge in [0.2, 0.25) is 0 Å². The van der Waals surface area contributed by atoms with Gasteiger partial charge in [-0.3, -0.25) is 0 Å². The van der Waals surface area contributed by atoms with Crippen molar-refractivity contribution in [3.05, 3.63) is 57.6 Å². The number of esters is 1. The number of ether oxygens (including phenoxy) is 2. The third kappa shape index (κ3) is 4.28.